The Labute approximate surface area is 174 Å². The molecule has 0 unspecified atom stereocenters. The minimum Gasteiger partial charge on any atom is -0.434 e. The van der Waals surface area contributed by atoms with Crippen LogP contribution in [-0.4, -0.2) is 23.3 Å². The predicted molar refractivity (Wildman–Crippen MR) is 108 cm³/mol. The van der Waals surface area contributed by atoms with Crippen LogP contribution in [0.3, 0.4) is 0 Å². The number of aryl methyl sites for hydroxylation is 1. The molecule has 0 aliphatic carbocycles. The summed E-state index contributed by atoms with van der Waals surface area (Å²) in [6.07, 6.45) is 1.02. The Kier molecular flexibility index (Phi) is 6.06. The third kappa shape index (κ3) is 5.04. The maximum Gasteiger partial charge on any atom is 0.374 e. The van der Waals surface area contributed by atoms with Gasteiger partial charge >= 0.3 is 11.6 Å². The lowest BCUT2D eigenvalue weighted by Gasteiger charge is -2.11. The van der Waals surface area contributed by atoms with E-state index in [9.17, 15) is 18.5 Å². The normalized spacial score (nSPS) is 11.1. The summed E-state index contributed by atoms with van der Waals surface area (Å²) in [5.41, 5.74) is 2.53. The van der Waals surface area contributed by atoms with E-state index < -0.39 is 20.6 Å². The molecule has 3 rings (SSSR count). The number of hydrazine groups is 1. The van der Waals surface area contributed by atoms with Crippen molar-refractivity contribution in [1.82, 2.24) is 14.8 Å². The van der Waals surface area contributed by atoms with E-state index in [2.05, 4.69) is 36.2 Å². The van der Waals surface area contributed by atoms with Crippen LogP contribution < -0.4 is 15.0 Å². The molecule has 0 amide bonds. The molecule has 1 aromatic heterocycles. The number of aromatic nitrogens is 2. The molecule has 0 saturated heterocycles. The first-order valence-corrected chi connectivity index (χ1v) is 10.3. The van der Waals surface area contributed by atoms with Crippen LogP contribution in [0.5, 0.6) is 11.6 Å². The SMILES string of the molecule is Cc1ccc(S(=O)(=O)NNc2ncnc(Oc3ccc(Br)cc3)c2[N+](=O)[O-])cc1. The van der Waals surface area contributed by atoms with E-state index >= 15 is 0 Å². The predicted octanol–water partition coefficient (Wildman–Crippen LogP) is 3.55. The Morgan fingerprint density at radius 3 is 2.34 bits per heavy atom. The van der Waals surface area contributed by atoms with Crippen molar-refractivity contribution in [3.8, 4) is 11.6 Å². The average Bonchev–Trinajstić information content (AvgIpc) is 2.68. The molecule has 1 heterocycles. The molecule has 0 spiro atoms. The molecule has 0 atom stereocenters. The Balaban J connectivity index is 1.86. The number of sulfonamides is 1. The molecule has 0 aliphatic rings. The van der Waals surface area contributed by atoms with Gasteiger partial charge in [0.2, 0.25) is 5.82 Å². The third-order valence-corrected chi connectivity index (χ3v) is 5.43. The standard InChI is InChI=1S/C17H14BrN5O5S/c1-11-2-8-14(9-3-11)29(26,27)22-21-16-15(23(24)25)17(20-10-19-16)28-13-6-4-12(18)5-7-13/h2-10,22H,1H3,(H,19,20,21). The molecule has 3 aromatic rings. The smallest absolute Gasteiger partial charge is 0.374 e. The highest BCUT2D eigenvalue weighted by atomic mass is 79.9. The highest BCUT2D eigenvalue weighted by Crippen LogP contribution is 2.34. The second-order valence-electron chi connectivity index (χ2n) is 5.73. The number of ether oxygens (including phenoxy) is 1. The van der Waals surface area contributed by atoms with Gasteiger partial charge in [0.15, 0.2) is 0 Å². The largest absolute Gasteiger partial charge is 0.434 e. The fourth-order valence-corrected chi connectivity index (χ4v) is 3.31. The van der Waals surface area contributed by atoms with Crippen LogP contribution >= 0.6 is 15.9 Å². The fraction of sp³-hybridized carbons (Fsp3) is 0.0588. The highest BCUT2D eigenvalue weighted by molar-refractivity contribution is 9.10. The van der Waals surface area contributed by atoms with Crippen molar-refractivity contribution in [3.63, 3.8) is 0 Å². The molecule has 150 valence electrons. The zero-order valence-electron chi connectivity index (χ0n) is 14.9. The Bertz CT molecular complexity index is 1140. The summed E-state index contributed by atoms with van der Waals surface area (Å²) in [4.78, 5) is 20.4. The third-order valence-electron chi connectivity index (χ3n) is 3.63. The van der Waals surface area contributed by atoms with E-state index in [-0.39, 0.29) is 16.6 Å². The summed E-state index contributed by atoms with van der Waals surface area (Å²) in [5.74, 6) is -0.404. The van der Waals surface area contributed by atoms with E-state index in [1.54, 1.807) is 36.4 Å². The summed E-state index contributed by atoms with van der Waals surface area (Å²) in [6, 6.07) is 12.6. The monoisotopic (exact) mass is 479 g/mol. The van der Waals surface area contributed by atoms with Crippen LogP contribution in [0.2, 0.25) is 0 Å². The first kappa shape index (κ1) is 20.6. The van der Waals surface area contributed by atoms with Gasteiger partial charge in [0, 0.05) is 4.47 Å². The van der Waals surface area contributed by atoms with Gasteiger partial charge in [-0.2, -0.15) is 4.98 Å². The maximum atomic E-state index is 12.4. The lowest BCUT2D eigenvalue weighted by atomic mass is 10.2. The second-order valence-corrected chi connectivity index (χ2v) is 8.33. The molecule has 0 radical (unpaired) electrons. The molecule has 0 bridgehead atoms. The van der Waals surface area contributed by atoms with Crippen LogP contribution in [-0.2, 0) is 10.0 Å². The Morgan fingerprint density at radius 1 is 1.07 bits per heavy atom. The summed E-state index contributed by atoms with van der Waals surface area (Å²) in [5, 5.41) is 11.5. The number of anilines is 1. The van der Waals surface area contributed by atoms with Crippen LogP contribution in [0.25, 0.3) is 0 Å². The van der Waals surface area contributed by atoms with Gasteiger partial charge < -0.3 is 4.74 Å². The van der Waals surface area contributed by atoms with Gasteiger partial charge in [-0.05, 0) is 43.3 Å². The van der Waals surface area contributed by atoms with E-state index in [0.29, 0.717) is 5.75 Å². The summed E-state index contributed by atoms with van der Waals surface area (Å²) in [7, 11) is -3.98. The van der Waals surface area contributed by atoms with Gasteiger partial charge in [-0.15, -0.1) is 4.83 Å². The zero-order valence-corrected chi connectivity index (χ0v) is 17.3. The molecular weight excluding hydrogens is 466 g/mol. The molecule has 0 fully saturated rings. The number of nitro groups is 1. The lowest BCUT2D eigenvalue weighted by Crippen LogP contribution is -2.30. The van der Waals surface area contributed by atoms with Crippen molar-refractivity contribution in [3.05, 3.63) is 75.0 Å². The lowest BCUT2D eigenvalue weighted by molar-refractivity contribution is -0.385. The average molecular weight is 480 g/mol. The number of hydrogen-bond acceptors (Lipinski definition) is 8. The minimum atomic E-state index is -3.98. The fourth-order valence-electron chi connectivity index (χ4n) is 2.20. The van der Waals surface area contributed by atoms with Crippen LogP contribution in [0.1, 0.15) is 5.56 Å². The molecule has 12 heteroatoms. The van der Waals surface area contributed by atoms with Crippen molar-refractivity contribution in [2.24, 2.45) is 0 Å². The molecule has 2 N–H and O–H groups in total. The number of hydrogen-bond donors (Lipinski definition) is 2. The number of nitrogens with one attached hydrogen (secondary N) is 2. The second kappa shape index (κ2) is 8.51. The Morgan fingerprint density at radius 2 is 1.72 bits per heavy atom. The van der Waals surface area contributed by atoms with Crippen molar-refractivity contribution >= 4 is 37.5 Å². The van der Waals surface area contributed by atoms with Gasteiger partial charge in [-0.1, -0.05) is 33.6 Å². The number of rotatable bonds is 7. The van der Waals surface area contributed by atoms with E-state index in [1.165, 1.54) is 12.1 Å². The van der Waals surface area contributed by atoms with Gasteiger partial charge in [-0.25, -0.2) is 13.4 Å². The van der Waals surface area contributed by atoms with E-state index in [4.69, 9.17) is 4.74 Å². The Hall–Kier alpha value is -3.09. The summed E-state index contributed by atoms with van der Waals surface area (Å²) in [6.45, 7) is 1.82. The van der Waals surface area contributed by atoms with Crippen molar-refractivity contribution in [1.29, 1.82) is 0 Å². The molecule has 0 saturated carbocycles. The van der Waals surface area contributed by atoms with Crippen LogP contribution in [0.15, 0.2) is 64.2 Å². The van der Waals surface area contributed by atoms with Gasteiger partial charge in [0.25, 0.3) is 10.0 Å². The zero-order chi connectivity index (χ0) is 21.0. The van der Waals surface area contributed by atoms with Gasteiger partial charge in [-0.3, -0.25) is 15.5 Å². The number of benzene rings is 2. The van der Waals surface area contributed by atoms with Crippen molar-refractivity contribution in [2.45, 2.75) is 11.8 Å². The maximum absolute atomic E-state index is 12.4. The van der Waals surface area contributed by atoms with Crippen molar-refractivity contribution < 1.29 is 18.1 Å². The first-order chi connectivity index (χ1) is 13.8. The van der Waals surface area contributed by atoms with Gasteiger partial charge in [0.05, 0.1) is 9.82 Å². The van der Waals surface area contributed by atoms with Crippen molar-refractivity contribution in [2.75, 3.05) is 5.43 Å². The highest BCUT2D eigenvalue weighted by Gasteiger charge is 2.26. The quantitative estimate of drug-likeness (QED) is 0.387. The molecule has 29 heavy (non-hydrogen) atoms. The molecular formula is C17H14BrN5O5S. The molecule has 2 aromatic carbocycles. The summed E-state index contributed by atoms with van der Waals surface area (Å²) < 4.78 is 31.0. The van der Waals surface area contributed by atoms with Gasteiger partial charge in [0.1, 0.15) is 12.1 Å². The minimum absolute atomic E-state index is 0.0151. The molecule has 0 aliphatic heterocycles. The van der Waals surface area contributed by atoms with E-state index in [1.807, 2.05) is 6.92 Å². The number of nitrogens with zero attached hydrogens (tertiary/aromatic N) is 3. The van der Waals surface area contributed by atoms with Crippen LogP contribution in [0, 0.1) is 17.0 Å². The first-order valence-electron chi connectivity index (χ1n) is 8.03. The topological polar surface area (TPSA) is 136 Å². The van der Waals surface area contributed by atoms with Crippen LogP contribution in [0.4, 0.5) is 11.5 Å². The molecule has 10 nitrogen and oxygen atoms in total. The summed E-state index contributed by atoms with van der Waals surface area (Å²) >= 11 is 3.28. The number of halogens is 1. The van der Waals surface area contributed by atoms with E-state index in [0.717, 1.165) is 16.4 Å².